The van der Waals surface area contributed by atoms with Crippen molar-refractivity contribution in [3.05, 3.63) is 36.0 Å². The Balaban J connectivity index is 2.17. The highest BCUT2D eigenvalue weighted by molar-refractivity contribution is 5.22. The van der Waals surface area contributed by atoms with Crippen LogP contribution in [0.4, 0.5) is 0 Å². The van der Waals surface area contributed by atoms with Gasteiger partial charge in [0.25, 0.3) is 0 Å². The van der Waals surface area contributed by atoms with Gasteiger partial charge in [0, 0.05) is 44.5 Å². The normalized spacial score (nSPS) is 18.0. The van der Waals surface area contributed by atoms with Crippen LogP contribution in [0.3, 0.4) is 0 Å². The number of pyridine rings is 1. The van der Waals surface area contributed by atoms with E-state index in [1.54, 1.807) is 7.11 Å². The maximum absolute atomic E-state index is 5.12. The molecule has 1 aliphatic heterocycles. The lowest BCUT2D eigenvalue weighted by Gasteiger charge is -2.35. The first-order valence-electron chi connectivity index (χ1n) is 6.80. The van der Waals surface area contributed by atoms with E-state index < -0.39 is 0 Å². The minimum Gasteiger partial charge on any atom is -0.481 e. The Morgan fingerprint density at radius 3 is 2.74 bits per heavy atom. The molecule has 0 aromatic carbocycles. The van der Waals surface area contributed by atoms with Crippen LogP contribution in [0.2, 0.25) is 0 Å². The molecule has 4 nitrogen and oxygen atoms in total. The summed E-state index contributed by atoms with van der Waals surface area (Å²) in [4.78, 5) is 6.83. The van der Waals surface area contributed by atoms with Gasteiger partial charge in [-0.15, -0.1) is 6.58 Å². The first-order chi connectivity index (χ1) is 9.20. The van der Waals surface area contributed by atoms with E-state index in [2.05, 4.69) is 34.8 Å². The number of nitrogens with one attached hydrogen (secondary N) is 1. The van der Waals surface area contributed by atoms with Crippen LogP contribution in [0, 0.1) is 0 Å². The summed E-state index contributed by atoms with van der Waals surface area (Å²) >= 11 is 0. The first kappa shape index (κ1) is 14.0. The summed E-state index contributed by atoms with van der Waals surface area (Å²) in [5.41, 5.74) is 2.45. The van der Waals surface area contributed by atoms with E-state index in [0.29, 0.717) is 11.9 Å². The fraction of sp³-hybridized carbons (Fsp3) is 0.533. The third-order valence-corrected chi connectivity index (χ3v) is 3.49. The number of methoxy groups -OCH3 is 1. The molecule has 19 heavy (non-hydrogen) atoms. The quantitative estimate of drug-likeness (QED) is 0.823. The smallest absolute Gasteiger partial charge is 0.212 e. The average molecular weight is 261 g/mol. The molecule has 2 heterocycles. The lowest BCUT2D eigenvalue weighted by molar-refractivity contribution is 0.172. The number of rotatable bonds is 5. The molecule has 1 aromatic rings. The van der Waals surface area contributed by atoms with Crippen molar-refractivity contribution in [3.8, 4) is 5.88 Å². The molecule has 1 atom stereocenters. The van der Waals surface area contributed by atoms with Gasteiger partial charge in [-0.2, -0.15) is 0 Å². The summed E-state index contributed by atoms with van der Waals surface area (Å²) < 4.78 is 5.12. The number of hydrogen-bond donors (Lipinski definition) is 1. The van der Waals surface area contributed by atoms with Crippen molar-refractivity contribution >= 4 is 0 Å². The Morgan fingerprint density at radius 2 is 2.21 bits per heavy atom. The second-order valence-electron chi connectivity index (χ2n) is 5.10. The molecule has 1 aromatic heterocycles. The molecular weight excluding hydrogens is 238 g/mol. The van der Waals surface area contributed by atoms with Crippen LogP contribution in [-0.4, -0.2) is 43.2 Å². The fourth-order valence-corrected chi connectivity index (χ4v) is 2.49. The van der Waals surface area contributed by atoms with Crippen molar-refractivity contribution < 1.29 is 4.74 Å². The summed E-state index contributed by atoms with van der Waals surface area (Å²) in [6, 6.07) is 4.42. The zero-order chi connectivity index (χ0) is 13.7. The van der Waals surface area contributed by atoms with Crippen LogP contribution in [-0.2, 0) is 0 Å². The Morgan fingerprint density at radius 1 is 1.47 bits per heavy atom. The Hall–Kier alpha value is -1.39. The molecule has 1 aliphatic rings. The van der Waals surface area contributed by atoms with Crippen molar-refractivity contribution in [2.75, 3.05) is 33.3 Å². The van der Waals surface area contributed by atoms with Crippen molar-refractivity contribution in [1.29, 1.82) is 0 Å². The number of hydrogen-bond acceptors (Lipinski definition) is 4. The first-order valence-corrected chi connectivity index (χ1v) is 6.80. The Kier molecular flexibility index (Phi) is 4.93. The van der Waals surface area contributed by atoms with E-state index in [-0.39, 0.29) is 0 Å². The van der Waals surface area contributed by atoms with Gasteiger partial charge >= 0.3 is 0 Å². The average Bonchev–Trinajstić information content (AvgIpc) is 2.46. The Bertz CT molecular complexity index is 410. The van der Waals surface area contributed by atoms with E-state index in [1.165, 1.54) is 11.1 Å². The molecule has 0 aliphatic carbocycles. The fourth-order valence-electron chi connectivity index (χ4n) is 2.49. The molecule has 0 unspecified atom stereocenters. The van der Waals surface area contributed by atoms with Gasteiger partial charge in [-0.1, -0.05) is 11.6 Å². The molecule has 4 heteroatoms. The van der Waals surface area contributed by atoms with Crippen molar-refractivity contribution in [2.24, 2.45) is 0 Å². The Labute approximate surface area is 115 Å². The molecule has 0 amide bonds. The number of piperazine rings is 1. The molecule has 0 bridgehead atoms. The second kappa shape index (κ2) is 6.68. The van der Waals surface area contributed by atoms with E-state index in [9.17, 15) is 0 Å². The van der Waals surface area contributed by atoms with Gasteiger partial charge in [0.15, 0.2) is 0 Å². The third kappa shape index (κ3) is 3.78. The molecule has 0 spiro atoms. The van der Waals surface area contributed by atoms with Crippen LogP contribution < -0.4 is 10.1 Å². The molecule has 104 valence electrons. The monoisotopic (exact) mass is 261 g/mol. The van der Waals surface area contributed by atoms with Crippen molar-refractivity contribution in [3.63, 3.8) is 0 Å². The maximum Gasteiger partial charge on any atom is 0.212 e. The summed E-state index contributed by atoms with van der Waals surface area (Å²) in [5, 5.41) is 3.39. The molecular formula is C15H23N3O. The van der Waals surface area contributed by atoms with Crippen LogP contribution in [0.1, 0.15) is 24.9 Å². The highest BCUT2D eigenvalue weighted by Gasteiger charge is 2.22. The topological polar surface area (TPSA) is 37.4 Å². The molecule has 0 radical (unpaired) electrons. The highest BCUT2D eigenvalue weighted by Crippen LogP contribution is 2.27. The lowest BCUT2D eigenvalue weighted by atomic mass is 9.99. The summed E-state index contributed by atoms with van der Waals surface area (Å²) in [6.07, 6.45) is 2.91. The van der Waals surface area contributed by atoms with E-state index in [4.69, 9.17) is 4.74 Å². The SMILES string of the molecule is C=C(C)C[C@@H](c1ccc(OC)nc1)N1CCNCC1. The molecule has 1 fully saturated rings. The lowest BCUT2D eigenvalue weighted by Crippen LogP contribution is -2.45. The zero-order valence-corrected chi connectivity index (χ0v) is 11.9. The maximum atomic E-state index is 5.12. The highest BCUT2D eigenvalue weighted by atomic mass is 16.5. The van der Waals surface area contributed by atoms with Gasteiger partial charge in [-0.25, -0.2) is 4.98 Å². The predicted octanol–water partition coefficient (Wildman–Crippen LogP) is 2.00. The van der Waals surface area contributed by atoms with Gasteiger partial charge in [-0.3, -0.25) is 4.90 Å². The van der Waals surface area contributed by atoms with Gasteiger partial charge < -0.3 is 10.1 Å². The van der Waals surface area contributed by atoms with Crippen molar-refractivity contribution in [2.45, 2.75) is 19.4 Å². The van der Waals surface area contributed by atoms with Crippen LogP contribution in [0.5, 0.6) is 5.88 Å². The minimum atomic E-state index is 0.373. The van der Waals surface area contributed by atoms with Crippen LogP contribution >= 0.6 is 0 Å². The summed E-state index contributed by atoms with van der Waals surface area (Å²) in [5.74, 6) is 0.665. The number of ether oxygens (including phenoxy) is 1. The van der Waals surface area contributed by atoms with E-state index in [1.807, 2.05) is 12.3 Å². The zero-order valence-electron chi connectivity index (χ0n) is 11.9. The standard InChI is InChI=1S/C15H23N3O/c1-12(2)10-14(18-8-6-16-7-9-18)13-4-5-15(19-3)17-11-13/h4-5,11,14,16H,1,6-10H2,2-3H3/t14-/m0/s1. The van der Waals surface area contributed by atoms with E-state index in [0.717, 1.165) is 32.6 Å². The minimum absolute atomic E-state index is 0.373. The van der Waals surface area contributed by atoms with Crippen molar-refractivity contribution in [1.82, 2.24) is 15.2 Å². The van der Waals surface area contributed by atoms with Gasteiger partial charge in [0.1, 0.15) is 0 Å². The van der Waals surface area contributed by atoms with Crippen LogP contribution in [0.15, 0.2) is 30.5 Å². The summed E-state index contributed by atoms with van der Waals surface area (Å²) in [6.45, 7) is 10.4. The number of nitrogens with zero attached hydrogens (tertiary/aromatic N) is 2. The van der Waals surface area contributed by atoms with Gasteiger partial charge in [-0.05, 0) is 18.9 Å². The van der Waals surface area contributed by atoms with Gasteiger partial charge in [0.05, 0.1) is 7.11 Å². The van der Waals surface area contributed by atoms with E-state index >= 15 is 0 Å². The predicted molar refractivity (Wildman–Crippen MR) is 77.4 cm³/mol. The molecule has 1 N–H and O–H groups in total. The molecule has 1 saturated heterocycles. The summed E-state index contributed by atoms with van der Waals surface area (Å²) in [7, 11) is 1.64. The molecule has 2 rings (SSSR count). The van der Waals surface area contributed by atoms with Gasteiger partial charge in [0.2, 0.25) is 5.88 Å². The second-order valence-corrected chi connectivity index (χ2v) is 5.10. The largest absolute Gasteiger partial charge is 0.481 e. The number of aromatic nitrogens is 1. The van der Waals surface area contributed by atoms with Crippen LogP contribution in [0.25, 0.3) is 0 Å². The molecule has 0 saturated carbocycles. The third-order valence-electron chi connectivity index (χ3n) is 3.49.